The fourth-order valence-corrected chi connectivity index (χ4v) is 4.13. The highest BCUT2D eigenvalue weighted by Gasteiger charge is 2.23. The van der Waals surface area contributed by atoms with Gasteiger partial charge in [0.15, 0.2) is 5.75 Å². The molecule has 0 atom stereocenters. The summed E-state index contributed by atoms with van der Waals surface area (Å²) in [6, 6.07) is 10.8. The number of likely N-dealkylation sites (N-methyl/N-ethyl adjacent to an activating group) is 1. The number of benzene rings is 2. The summed E-state index contributed by atoms with van der Waals surface area (Å²) in [4.78, 5) is 35.3. The van der Waals surface area contributed by atoms with Crippen LogP contribution in [0.15, 0.2) is 48.8 Å². The minimum absolute atomic E-state index is 0.173. The zero-order chi connectivity index (χ0) is 28.3. The third-order valence-corrected chi connectivity index (χ3v) is 6.05. The number of hydrogen-bond donors (Lipinski definition) is 1. The van der Waals surface area contributed by atoms with E-state index in [1.165, 1.54) is 12.3 Å². The summed E-state index contributed by atoms with van der Waals surface area (Å²) in [7, 11) is 5.72. The lowest BCUT2D eigenvalue weighted by Crippen LogP contribution is -2.19. The first kappa shape index (κ1) is 27.5. The lowest BCUT2D eigenvalue weighted by molar-refractivity contribution is -0.385. The number of nitrogens with zero attached hydrogens (tertiary/aromatic N) is 5. The molecular formula is C28H32N6O5. The Hall–Kier alpha value is -4.51. The van der Waals surface area contributed by atoms with Gasteiger partial charge in [0, 0.05) is 48.5 Å². The molecular weight excluding hydrogens is 500 g/mol. The van der Waals surface area contributed by atoms with Crippen LogP contribution in [0, 0.1) is 17.0 Å². The Bertz CT molecular complexity index is 1530. The van der Waals surface area contributed by atoms with Gasteiger partial charge in [0.2, 0.25) is 5.95 Å². The van der Waals surface area contributed by atoms with Gasteiger partial charge in [-0.15, -0.1) is 0 Å². The number of hydrogen-bond acceptors (Lipinski definition) is 9. The Labute approximate surface area is 226 Å². The van der Waals surface area contributed by atoms with Crippen molar-refractivity contribution in [2.75, 3.05) is 32.6 Å². The normalized spacial score (nSPS) is 11.3. The van der Waals surface area contributed by atoms with Crippen LogP contribution in [0.25, 0.3) is 22.2 Å². The van der Waals surface area contributed by atoms with Crippen molar-refractivity contribution in [1.29, 1.82) is 0 Å². The first-order chi connectivity index (χ1) is 18.5. The Kier molecular flexibility index (Phi) is 8.10. The lowest BCUT2D eigenvalue weighted by atomic mass is 10.1. The van der Waals surface area contributed by atoms with Crippen molar-refractivity contribution in [1.82, 2.24) is 19.4 Å². The van der Waals surface area contributed by atoms with E-state index in [2.05, 4.69) is 10.3 Å². The molecule has 0 spiro atoms. The average molecular weight is 533 g/mol. The number of ether oxygens (including phenoxy) is 2. The van der Waals surface area contributed by atoms with Crippen LogP contribution in [0.5, 0.6) is 5.75 Å². The second-order valence-electron chi connectivity index (χ2n) is 9.75. The maximum Gasteiger partial charge on any atom is 0.342 e. The summed E-state index contributed by atoms with van der Waals surface area (Å²) in [5.74, 6) is -0.169. The molecule has 39 heavy (non-hydrogen) atoms. The quantitative estimate of drug-likeness (QED) is 0.169. The van der Waals surface area contributed by atoms with Crippen molar-refractivity contribution in [3.63, 3.8) is 0 Å². The maximum absolute atomic E-state index is 13.0. The van der Waals surface area contributed by atoms with Gasteiger partial charge in [0.1, 0.15) is 12.2 Å². The molecule has 11 heteroatoms. The van der Waals surface area contributed by atoms with Crippen LogP contribution >= 0.6 is 0 Å². The zero-order valence-corrected chi connectivity index (χ0v) is 22.9. The Balaban J connectivity index is 1.76. The number of esters is 1. The molecule has 1 N–H and O–H groups in total. The van der Waals surface area contributed by atoms with E-state index in [-0.39, 0.29) is 29.1 Å². The summed E-state index contributed by atoms with van der Waals surface area (Å²) in [6.45, 7) is 6.29. The smallest absolute Gasteiger partial charge is 0.342 e. The molecule has 0 saturated heterocycles. The molecule has 0 aliphatic rings. The third kappa shape index (κ3) is 6.15. The summed E-state index contributed by atoms with van der Waals surface area (Å²) in [5.41, 5.74) is 3.31. The molecule has 4 rings (SSSR count). The van der Waals surface area contributed by atoms with E-state index in [1.807, 2.05) is 68.0 Å². The van der Waals surface area contributed by atoms with E-state index in [9.17, 15) is 14.9 Å². The van der Waals surface area contributed by atoms with Crippen LogP contribution in [0.2, 0.25) is 0 Å². The van der Waals surface area contributed by atoms with Crippen LogP contribution in [0.1, 0.15) is 29.8 Å². The van der Waals surface area contributed by atoms with Crippen LogP contribution in [0.3, 0.4) is 0 Å². The molecule has 0 amide bonds. The maximum atomic E-state index is 13.0. The molecule has 0 aliphatic heterocycles. The highest BCUT2D eigenvalue weighted by atomic mass is 16.6. The molecule has 0 aliphatic carbocycles. The van der Waals surface area contributed by atoms with E-state index in [0.717, 1.165) is 16.5 Å². The van der Waals surface area contributed by atoms with Crippen molar-refractivity contribution in [2.45, 2.75) is 26.9 Å². The summed E-state index contributed by atoms with van der Waals surface area (Å²) in [5, 5.41) is 15.8. The SMILES string of the molecule is Cc1cc(OCCN(C)C)c([N+](=O)[O-])cc1Nc1ncc(C(=O)OC(C)C)c(-c2cn(C)c3ccccc23)n1. The van der Waals surface area contributed by atoms with E-state index in [0.29, 0.717) is 30.1 Å². The van der Waals surface area contributed by atoms with Crippen molar-refractivity contribution in [3.8, 4) is 17.0 Å². The van der Waals surface area contributed by atoms with Crippen LogP contribution in [-0.2, 0) is 11.8 Å². The van der Waals surface area contributed by atoms with Gasteiger partial charge in [-0.3, -0.25) is 10.1 Å². The number of anilines is 2. The van der Waals surface area contributed by atoms with Gasteiger partial charge in [-0.1, -0.05) is 18.2 Å². The number of para-hydroxylation sites is 1. The molecule has 0 radical (unpaired) electrons. The first-order valence-electron chi connectivity index (χ1n) is 12.5. The van der Waals surface area contributed by atoms with Crippen LogP contribution in [0.4, 0.5) is 17.3 Å². The highest BCUT2D eigenvalue weighted by Crippen LogP contribution is 2.36. The van der Waals surface area contributed by atoms with E-state index in [1.54, 1.807) is 19.9 Å². The molecule has 2 aromatic carbocycles. The van der Waals surface area contributed by atoms with Gasteiger partial charge in [-0.05, 0) is 52.6 Å². The van der Waals surface area contributed by atoms with E-state index in [4.69, 9.17) is 14.5 Å². The number of aromatic nitrogens is 3. The molecule has 0 fully saturated rings. The number of nitro groups is 1. The van der Waals surface area contributed by atoms with E-state index >= 15 is 0 Å². The summed E-state index contributed by atoms with van der Waals surface area (Å²) < 4.78 is 13.1. The number of carbonyl (C=O) groups is 1. The standard InChI is InChI=1S/C28H32N6O5/c1-17(2)39-27(35)20-15-29-28(31-26(20)21-16-33(6)23-10-8-7-9-19(21)23)30-22-14-24(34(36)37)25(13-18(22)3)38-12-11-32(4)5/h7-10,13-17H,11-12H2,1-6H3,(H,29,30,31). The largest absolute Gasteiger partial charge is 0.485 e. The summed E-state index contributed by atoms with van der Waals surface area (Å²) >= 11 is 0. The third-order valence-electron chi connectivity index (χ3n) is 6.05. The van der Waals surface area contributed by atoms with Gasteiger partial charge < -0.3 is 24.3 Å². The topological polar surface area (TPSA) is 125 Å². The van der Waals surface area contributed by atoms with Gasteiger partial charge >= 0.3 is 11.7 Å². The highest BCUT2D eigenvalue weighted by molar-refractivity contribution is 6.03. The molecule has 2 aromatic heterocycles. The lowest BCUT2D eigenvalue weighted by Gasteiger charge is -2.15. The fourth-order valence-electron chi connectivity index (χ4n) is 4.13. The second kappa shape index (κ2) is 11.5. The molecule has 2 heterocycles. The fraction of sp³-hybridized carbons (Fsp3) is 0.321. The molecule has 0 saturated carbocycles. The van der Waals surface area contributed by atoms with Gasteiger partial charge in [0.05, 0.1) is 22.4 Å². The summed E-state index contributed by atoms with van der Waals surface area (Å²) in [6.07, 6.45) is 3.00. The monoisotopic (exact) mass is 532 g/mol. The Morgan fingerprint density at radius 2 is 1.97 bits per heavy atom. The Morgan fingerprint density at radius 1 is 1.23 bits per heavy atom. The minimum atomic E-state index is -0.537. The zero-order valence-electron chi connectivity index (χ0n) is 22.9. The number of aryl methyl sites for hydroxylation is 2. The van der Waals surface area contributed by atoms with Crippen molar-refractivity contribution in [2.24, 2.45) is 7.05 Å². The molecule has 4 aromatic rings. The predicted octanol–water partition coefficient (Wildman–Crippen LogP) is 5.10. The average Bonchev–Trinajstić information content (AvgIpc) is 3.21. The predicted molar refractivity (Wildman–Crippen MR) is 150 cm³/mol. The molecule has 204 valence electrons. The number of fused-ring (bicyclic) bond motifs is 1. The molecule has 0 unspecified atom stereocenters. The van der Waals surface area contributed by atoms with Crippen molar-refractivity contribution in [3.05, 3.63) is 70.0 Å². The van der Waals surface area contributed by atoms with Gasteiger partial charge in [-0.2, -0.15) is 0 Å². The van der Waals surface area contributed by atoms with Crippen LogP contribution in [-0.4, -0.2) is 63.7 Å². The second-order valence-corrected chi connectivity index (χ2v) is 9.75. The van der Waals surface area contributed by atoms with Crippen molar-refractivity contribution < 1.29 is 19.2 Å². The van der Waals surface area contributed by atoms with Crippen LogP contribution < -0.4 is 10.1 Å². The van der Waals surface area contributed by atoms with Gasteiger partial charge in [-0.25, -0.2) is 14.8 Å². The number of nitro benzene ring substituents is 1. The molecule has 0 bridgehead atoms. The molecule has 11 nitrogen and oxygen atoms in total. The van der Waals surface area contributed by atoms with Crippen molar-refractivity contribution >= 4 is 34.2 Å². The number of rotatable bonds is 10. The van der Waals surface area contributed by atoms with Gasteiger partial charge in [0.25, 0.3) is 0 Å². The Morgan fingerprint density at radius 3 is 2.67 bits per heavy atom. The minimum Gasteiger partial charge on any atom is -0.485 e. The number of nitrogens with one attached hydrogen (secondary N) is 1. The number of carbonyl (C=O) groups excluding carboxylic acids is 1. The van der Waals surface area contributed by atoms with E-state index < -0.39 is 10.9 Å². The first-order valence-corrected chi connectivity index (χ1v) is 12.5.